The van der Waals surface area contributed by atoms with E-state index >= 15 is 0 Å². The molecule has 11 heteroatoms. The molecule has 0 atom stereocenters. The van der Waals surface area contributed by atoms with Gasteiger partial charge in [0.25, 0.3) is 0 Å². The van der Waals surface area contributed by atoms with Crippen molar-refractivity contribution in [3.63, 3.8) is 0 Å². The van der Waals surface area contributed by atoms with Gasteiger partial charge in [-0.1, -0.05) is 24.3 Å². The van der Waals surface area contributed by atoms with E-state index in [4.69, 9.17) is 5.73 Å². The molecule has 0 aliphatic heterocycles. The highest BCUT2D eigenvalue weighted by Gasteiger charge is 2.10. The van der Waals surface area contributed by atoms with Crippen molar-refractivity contribution < 1.29 is 16.4 Å². The Balaban J connectivity index is -0.000000960. The van der Waals surface area contributed by atoms with Gasteiger partial charge in [-0.3, -0.25) is 9.55 Å². The van der Waals surface area contributed by atoms with E-state index in [1.165, 1.54) is 0 Å². The Labute approximate surface area is 174 Å². The summed E-state index contributed by atoms with van der Waals surface area (Å²) in [5.74, 6) is 0.457. The first-order valence-electron chi connectivity index (χ1n) is 6.73. The molecule has 0 aliphatic carbocycles. The number of aromatic nitrogens is 4. The van der Waals surface area contributed by atoms with Crippen LogP contribution in [0.5, 0.6) is 0 Å². The average molecular weight is 439 g/mol. The SMILES string of the molecule is Cl.Cl.Cl.Nc1nc2cccnc2n1Cc1ccc2ccccc2n1.O.O.O. The number of fused-ring (bicyclic) bond motifs is 2. The lowest BCUT2D eigenvalue weighted by Gasteiger charge is -2.06. The molecule has 3 aromatic heterocycles. The van der Waals surface area contributed by atoms with Crippen molar-refractivity contribution in [3.8, 4) is 0 Å². The summed E-state index contributed by atoms with van der Waals surface area (Å²) < 4.78 is 1.88. The number of anilines is 1. The molecule has 1 aromatic carbocycles. The maximum Gasteiger partial charge on any atom is 0.202 e. The number of hydrogen-bond acceptors (Lipinski definition) is 4. The number of hydrogen-bond donors (Lipinski definition) is 1. The highest BCUT2D eigenvalue weighted by Crippen LogP contribution is 2.18. The smallest absolute Gasteiger partial charge is 0.202 e. The van der Waals surface area contributed by atoms with Gasteiger partial charge in [-0.05, 0) is 24.3 Å². The topological polar surface area (TPSA) is 164 Å². The second kappa shape index (κ2) is 12.2. The van der Waals surface area contributed by atoms with Crippen LogP contribution in [0.4, 0.5) is 5.95 Å². The number of nitrogens with zero attached hydrogens (tertiary/aromatic N) is 4. The van der Waals surface area contributed by atoms with Crippen molar-refractivity contribution in [3.05, 3.63) is 60.4 Å². The molecule has 0 fully saturated rings. The van der Waals surface area contributed by atoms with Gasteiger partial charge >= 0.3 is 0 Å². The molecule has 0 radical (unpaired) electrons. The predicted octanol–water partition coefficient (Wildman–Crippen LogP) is 1.40. The van der Waals surface area contributed by atoms with Crippen LogP contribution in [0.3, 0.4) is 0 Å². The minimum absolute atomic E-state index is 0. The molecule has 27 heavy (non-hydrogen) atoms. The molecule has 3 heterocycles. The highest BCUT2D eigenvalue weighted by atomic mass is 35.5. The lowest BCUT2D eigenvalue weighted by molar-refractivity contribution is 0.805. The van der Waals surface area contributed by atoms with E-state index < -0.39 is 0 Å². The van der Waals surface area contributed by atoms with Gasteiger partial charge < -0.3 is 22.2 Å². The highest BCUT2D eigenvalue weighted by molar-refractivity contribution is 5.86. The van der Waals surface area contributed by atoms with Gasteiger partial charge in [0.1, 0.15) is 5.52 Å². The maximum absolute atomic E-state index is 6.00. The van der Waals surface area contributed by atoms with E-state index in [9.17, 15) is 0 Å². The third kappa shape index (κ3) is 5.64. The van der Waals surface area contributed by atoms with Crippen LogP contribution >= 0.6 is 37.2 Å². The van der Waals surface area contributed by atoms with Crippen LogP contribution in [-0.4, -0.2) is 35.9 Å². The Hall–Kier alpha value is -2.20. The first kappa shape index (κ1) is 29.6. The van der Waals surface area contributed by atoms with Crippen LogP contribution in [0.15, 0.2) is 54.7 Å². The van der Waals surface area contributed by atoms with E-state index in [1.54, 1.807) is 6.20 Å². The van der Waals surface area contributed by atoms with Gasteiger partial charge in [0.15, 0.2) is 5.65 Å². The standard InChI is InChI=1S/C16H13N5.3ClH.3H2O/c17-16-20-14-6-3-9-18-15(14)21(16)10-12-8-7-11-4-1-2-5-13(11)19-12;;;;;;/h1-9H,10H2,(H2,17,20);3*1H;3*1H2. The van der Waals surface area contributed by atoms with Gasteiger partial charge in [0, 0.05) is 11.6 Å². The van der Waals surface area contributed by atoms with Gasteiger partial charge in [-0.25, -0.2) is 9.97 Å². The third-order valence-electron chi connectivity index (χ3n) is 3.51. The van der Waals surface area contributed by atoms with Crippen LogP contribution in [-0.2, 0) is 6.54 Å². The molecule has 0 saturated carbocycles. The molecule has 0 spiro atoms. The third-order valence-corrected chi connectivity index (χ3v) is 3.51. The minimum atomic E-state index is 0. The van der Waals surface area contributed by atoms with Gasteiger partial charge in [0.05, 0.1) is 17.8 Å². The maximum atomic E-state index is 6.00. The summed E-state index contributed by atoms with van der Waals surface area (Å²) in [4.78, 5) is 13.3. The van der Waals surface area contributed by atoms with Crippen LogP contribution in [0.1, 0.15) is 5.69 Å². The van der Waals surface area contributed by atoms with Crippen LogP contribution in [0.2, 0.25) is 0 Å². The van der Waals surface area contributed by atoms with Crippen molar-refractivity contribution in [2.45, 2.75) is 6.54 Å². The van der Waals surface area contributed by atoms with Crippen LogP contribution in [0.25, 0.3) is 22.1 Å². The summed E-state index contributed by atoms with van der Waals surface area (Å²) in [5, 5.41) is 1.13. The Morgan fingerprint density at radius 3 is 2.19 bits per heavy atom. The molecular formula is C16H22Cl3N5O3. The summed E-state index contributed by atoms with van der Waals surface area (Å²) in [6.07, 6.45) is 1.74. The number of para-hydroxylation sites is 1. The minimum Gasteiger partial charge on any atom is -0.412 e. The summed E-state index contributed by atoms with van der Waals surface area (Å²) in [6, 6.07) is 15.9. The molecule has 150 valence electrons. The average Bonchev–Trinajstić information content (AvgIpc) is 2.83. The fraction of sp³-hybridized carbons (Fsp3) is 0.0625. The zero-order valence-electron chi connectivity index (χ0n) is 14.0. The summed E-state index contributed by atoms with van der Waals surface area (Å²) in [6.45, 7) is 0.560. The van der Waals surface area contributed by atoms with Gasteiger partial charge in [-0.15, -0.1) is 37.2 Å². The summed E-state index contributed by atoms with van der Waals surface area (Å²) in [7, 11) is 0. The van der Waals surface area contributed by atoms with Crippen molar-refractivity contribution in [1.29, 1.82) is 0 Å². The van der Waals surface area contributed by atoms with E-state index in [0.29, 0.717) is 12.5 Å². The predicted molar refractivity (Wildman–Crippen MR) is 115 cm³/mol. The normalized spacial score (nSPS) is 8.74. The van der Waals surface area contributed by atoms with E-state index in [1.807, 2.05) is 41.0 Å². The Bertz CT molecular complexity index is 968. The van der Waals surface area contributed by atoms with E-state index in [0.717, 1.165) is 27.8 Å². The first-order chi connectivity index (χ1) is 10.3. The Morgan fingerprint density at radius 1 is 0.778 bits per heavy atom. The molecule has 0 aliphatic rings. The zero-order valence-corrected chi connectivity index (χ0v) is 16.4. The van der Waals surface area contributed by atoms with Gasteiger partial charge in [0.2, 0.25) is 5.95 Å². The molecule has 4 aromatic rings. The second-order valence-electron chi connectivity index (χ2n) is 4.90. The monoisotopic (exact) mass is 437 g/mol. The Kier molecular flexibility index (Phi) is 13.4. The molecule has 0 bridgehead atoms. The fourth-order valence-electron chi connectivity index (χ4n) is 2.49. The van der Waals surface area contributed by atoms with Crippen molar-refractivity contribution in [2.75, 3.05) is 5.73 Å². The molecule has 0 amide bonds. The Morgan fingerprint density at radius 2 is 1.44 bits per heavy atom. The van der Waals surface area contributed by atoms with Crippen molar-refractivity contribution >= 4 is 65.2 Å². The number of imidazole rings is 1. The number of nitrogens with two attached hydrogens (primary N) is 1. The summed E-state index contributed by atoms with van der Waals surface area (Å²) in [5.41, 5.74) is 9.50. The number of benzene rings is 1. The summed E-state index contributed by atoms with van der Waals surface area (Å²) >= 11 is 0. The number of pyridine rings is 2. The molecule has 4 rings (SSSR count). The van der Waals surface area contributed by atoms with E-state index in [-0.39, 0.29) is 53.6 Å². The fourth-order valence-corrected chi connectivity index (χ4v) is 2.49. The molecular weight excluding hydrogens is 417 g/mol. The molecule has 0 saturated heterocycles. The lowest BCUT2D eigenvalue weighted by Crippen LogP contribution is -2.06. The number of rotatable bonds is 2. The lowest BCUT2D eigenvalue weighted by atomic mass is 10.2. The quantitative estimate of drug-likeness (QED) is 0.500. The second-order valence-corrected chi connectivity index (χ2v) is 4.90. The first-order valence-corrected chi connectivity index (χ1v) is 6.73. The van der Waals surface area contributed by atoms with E-state index in [2.05, 4.69) is 27.1 Å². The van der Waals surface area contributed by atoms with Gasteiger partial charge in [-0.2, -0.15) is 0 Å². The zero-order chi connectivity index (χ0) is 14.2. The molecule has 8 nitrogen and oxygen atoms in total. The van der Waals surface area contributed by atoms with Crippen LogP contribution < -0.4 is 5.73 Å². The largest absolute Gasteiger partial charge is 0.412 e. The van der Waals surface area contributed by atoms with Crippen molar-refractivity contribution in [1.82, 2.24) is 19.5 Å². The van der Waals surface area contributed by atoms with Crippen molar-refractivity contribution in [2.24, 2.45) is 0 Å². The van der Waals surface area contributed by atoms with Crippen LogP contribution in [0, 0.1) is 0 Å². The number of nitrogen functional groups attached to an aromatic ring is 1. The number of halogens is 3. The molecule has 0 unspecified atom stereocenters. The molecule has 8 N–H and O–H groups in total.